The van der Waals surface area contributed by atoms with E-state index in [-0.39, 0.29) is 31.2 Å². The van der Waals surface area contributed by atoms with Crippen molar-refractivity contribution in [3.63, 3.8) is 0 Å². The van der Waals surface area contributed by atoms with Crippen molar-refractivity contribution in [3.8, 4) is 0 Å². The van der Waals surface area contributed by atoms with Crippen LogP contribution in [0.1, 0.15) is 22.2 Å². The number of hydrogen-bond donors (Lipinski definition) is 0. The molecule has 0 aliphatic heterocycles. The van der Waals surface area contributed by atoms with Gasteiger partial charge in [0.25, 0.3) is 0 Å². The van der Waals surface area contributed by atoms with Gasteiger partial charge in [-0.25, -0.2) is 4.21 Å². The predicted octanol–water partition coefficient (Wildman–Crippen LogP) is -3.36. The smallest absolute Gasteiger partial charge is 1.00 e. The van der Waals surface area contributed by atoms with Crippen LogP contribution in [0.25, 0.3) is 0 Å². The van der Waals surface area contributed by atoms with E-state index in [4.69, 9.17) is 0 Å². The maximum atomic E-state index is 11.0. The fourth-order valence-electron chi connectivity index (χ4n) is 0.493. The SMILES string of the molecule is CC(C(=O)OS(=O)[O-])C(C)(C)[SiH3].[H-].[Li+]. The molecule has 0 saturated heterocycles. The van der Waals surface area contributed by atoms with E-state index in [2.05, 4.69) is 4.18 Å². The Hall–Kier alpha value is 0.394. The minimum atomic E-state index is -2.74. The minimum absolute atomic E-state index is 0. The van der Waals surface area contributed by atoms with Gasteiger partial charge in [-0.1, -0.05) is 20.8 Å². The Morgan fingerprint density at radius 2 is 2.08 bits per heavy atom. The molecule has 0 aromatic carbocycles. The summed E-state index contributed by atoms with van der Waals surface area (Å²) in [6.07, 6.45) is 0. The quantitative estimate of drug-likeness (QED) is 0.366. The summed E-state index contributed by atoms with van der Waals surface area (Å²) in [6.45, 7) is 5.47. The maximum Gasteiger partial charge on any atom is 1.00 e. The molecule has 4 nitrogen and oxygen atoms in total. The van der Waals surface area contributed by atoms with E-state index >= 15 is 0 Å². The molecule has 0 N–H and O–H groups in total. The van der Waals surface area contributed by atoms with E-state index in [0.29, 0.717) is 0 Å². The molecule has 0 aromatic rings. The average molecular weight is 217 g/mol. The summed E-state index contributed by atoms with van der Waals surface area (Å²) >= 11 is -2.74. The fraction of sp³-hybridized carbons (Fsp3) is 0.833. The molecular weight excluding hydrogens is 203 g/mol. The van der Waals surface area contributed by atoms with Crippen molar-refractivity contribution in [2.75, 3.05) is 0 Å². The molecule has 0 bridgehead atoms. The summed E-state index contributed by atoms with van der Waals surface area (Å²) in [4.78, 5) is 11.0. The van der Waals surface area contributed by atoms with E-state index in [1.165, 1.54) is 0 Å². The summed E-state index contributed by atoms with van der Waals surface area (Å²) in [6, 6.07) is 0. The topological polar surface area (TPSA) is 66.4 Å². The second kappa shape index (κ2) is 5.99. The van der Waals surface area contributed by atoms with Crippen molar-refractivity contribution in [2.45, 2.75) is 25.8 Å². The van der Waals surface area contributed by atoms with Crippen molar-refractivity contribution < 1.29 is 38.0 Å². The van der Waals surface area contributed by atoms with E-state index in [1.54, 1.807) is 6.92 Å². The summed E-state index contributed by atoms with van der Waals surface area (Å²) < 4.78 is 24.1. The van der Waals surface area contributed by atoms with Crippen LogP contribution in [0.15, 0.2) is 0 Å². The third kappa shape index (κ3) is 6.46. The van der Waals surface area contributed by atoms with Crippen LogP contribution in [0.5, 0.6) is 0 Å². The Balaban J connectivity index is -0.000000605. The molecule has 0 amide bonds. The van der Waals surface area contributed by atoms with Gasteiger partial charge in [-0.05, 0) is 5.04 Å². The predicted molar refractivity (Wildman–Crippen MR) is 49.3 cm³/mol. The first-order chi connectivity index (χ1) is 5.25. The molecule has 0 saturated carbocycles. The third-order valence-electron chi connectivity index (χ3n) is 1.80. The summed E-state index contributed by atoms with van der Waals surface area (Å²) in [5.41, 5.74) is 0. The van der Waals surface area contributed by atoms with Gasteiger partial charge in [-0.2, -0.15) is 0 Å². The molecule has 0 spiro atoms. The van der Waals surface area contributed by atoms with Gasteiger partial charge in [-0.3, -0.25) is 4.79 Å². The van der Waals surface area contributed by atoms with Crippen molar-refractivity contribution >= 4 is 27.6 Å². The molecule has 0 fully saturated rings. The van der Waals surface area contributed by atoms with Crippen LogP contribution in [0.4, 0.5) is 0 Å². The second-order valence-electron chi connectivity index (χ2n) is 3.69. The molecule has 0 rings (SSSR count). The van der Waals surface area contributed by atoms with Gasteiger partial charge in [0.15, 0.2) is 0 Å². The van der Waals surface area contributed by atoms with Crippen molar-refractivity contribution in [1.82, 2.24) is 0 Å². The molecule has 0 heterocycles. The number of rotatable bonds is 3. The van der Waals surface area contributed by atoms with E-state index in [0.717, 1.165) is 10.2 Å². The molecule has 2 unspecified atom stereocenters. The van der Waals surface area contributed by atoms with Crippen LogP contribution in [0.2, 0.25) is 5.04 Å². The Morgan fingerprint density at radius 1 is 1.69 bits per heavy atom. The molecule has 2 atom stereocenters. The van der Waals surface area contributed by atoms with Gasteiger partial charge in [-0.15, -0.1) is 0 Å². The standard InChI is InChI=1S/C6H14O4SSi.Li.H/c1-4(6(2,3)12)5(7)10-11(8)9;;/h4H,1-3,12H3,(H,8,9);;/q;+1;-1/p-1. The van der Waals surface area contributed by atoms with Gasteiger partial charge in [0.1, 0.15) is 11.4 Å². The first-order valence-corrected chi connectivity index (χ1v) is 5.56. The number of hydrogen-bond acceptors (Lipinski definition) is 4. The van der Waals surface area contributed by atoms with Gasteiger partial charge in [0.2, 0.25) is 0 Å². The average Bonchev–Trinajstić information content (AvgIpc) is 1.82. The van der Waals surface area contributed by atoms with Gasteiger partial charge < -0.3 is 10.2 Å². The van der Waals surface area contributed by atoms with Gasteiger partial charge in [0.05, 0.1) is 5.92 Å². The van der Waals surface area contributed by atoms with Crippen LogP contribution in [0, 0.1) is 5.92 Å². The molecule has 0 aliphatic carbocycles. The van der Waals surface area contributed by atoms with Crippen LogP contribution < -0.4 is 18.9 Å². The Bertz CT molecular complexity index is 208. The second-order valence-corrected chi connectivity index (χ2v) is 6.85. The molecule has 0 radical (unpaired) electrons. The molecule has 0 aromatic heterocycles. The molecule has 13 heavy (non-hydrogen) atoms. The van der Waals surface area contributed by atoms with Gasteiger partial charge in [0, 0.05) is 10.2 Å². The zero-order chi connectivity index (χ0) is 9.94. The van der Waals surface area contributed by atoms with E-state index < -0.39 is 17.3 Å². The largest absolute Gasteiger partial charge is 1.00 e. The van der Waals surface area contributed by atoms with Crippen molar-refractivity contribution in [1.29, 1.82) is 0 Å². The van der Waals surface area contributed by atoms with Crippen LogP contribution in [0.3, 0.4) is 0 Å². The zero-order valence-electron chi connectivity index (χ0n) is 9.62. The van der Waals surface area contributed by atoms with E-state index in [9.17, 15) is 13.6 Å². The number of carbonyl (C=O) groups is 1. The maximum absolute atomic E-state index is 11.0. The summed E-state index contributed by atoms with van der Waals surface area (Å²) in [5.74, 6) is -1.05. The molecule has 0 aliphatic rings. The summed E-state index contributed by atoms with van der Waals surface area (Å²) in [5, 5.41) is -0.142. The monoisotopic (exact) mass is 217 g/mol. The van der Waals surface area contributed by atoms with Crippen molar-refractivity contribution in [3.05, 3.63) is 0 Å². The first-order valence-electron chi connectivity index (χ1n) is 3.56. The normalized spacial score (nSPS) is 15.7. The zero-order valence-corrected chi connectivity index (χ0v) is 11.4. The molecular formula is C6H14LiO4SSi-. The van der Waals surface area contributed by atoms with Crippen LogP contribution >= 0.6 is 0 Å². The Kier molecular flexibility index (Phi) is 7.30. The molecule has 74 valence electrons. The summed E-state index contributed by atoms with van der Waals surface area (Å²) in [7, 11) is 0.808. The fourth-order valence-corrected chi connectivity index (χ4v) is 1.01. The third-order valence-corrected chi connectivity index (χ3v) is 2.97. The first kappa shape index (κ1) is 15.8. The number of carbonyl (C=O) groups excluding carboxylic acids is 1. The van der Waals surface area contributed by atoms with Crippen LogP contribution in [-0.2, 0) is 20.3 Å². The van der Waals surface area contributed by atoms with E-state index in [1.807, 2.05) is 13.8 Å². The minimum Gasteiger partial charge on any atom is -1.00 e. The Morgan fingerprint density at radius 3 is 2.31 bits per heavy atom. The molecule has 7 heteroatoms. The van der Waals surface area contributed by atoms with Gasteiger partial charge >= 0.3 is 24.8 Å². The Labute approximate surface area is 97.4 Å². The van der Waals surface area contributed by atoms with Crippen LogP contribution in [-0.4, -0.2) is 25.0 Å². The van der Waals surface area contributed by atoms with Crippen molar-refractivity contribution in [2.24, 2.45) is 5.92 Å².